The van der Waals surface area contributed by atoms with Crippen LogP contribution in [0, 0.1) is 0 Å². The van der Waals surface area contributed by atoms with Crippen molar-refractivity contribution in [3.8, 4) is 0 Å². The lowest BCUT2D eigenvalue weighted by atomic mass is 10.3. The SMILES string of the molecule is Nc1cnc(SCC2CCCO2)s1. The number of nitrogens with zero attached hydrogens (tertiary/aromatic N) is 1. The highest BCUT2D eigenvalue weighted by Crippen LogP contribution is 2.28. The van der Waals surface area contributed by atoms with Gasteiger partial charge in [0.1, 0.15) is 5.00 Å². The predicted octanol–water partition coefficient (Wildman–Crippen LogP) is 2.00. The summed E-state index contributed by atoms with van der Waals surface area (Å²) >= 11 is 3.29. The molecule has 0 radical (unpaired) electrons. The Morgan fingerprint density at radius 3 is 3.31 bits per heavy atom. The zero-order chi connectivity index (χ0) is 9.10. The summed E-state index contributed by atoms with van der Waals surface area (Å²) in [5.74, 6) is 1.01. The first-order valence-electron chi connectivity index (χ1n) is 4.30. The van der Waals surface area contributed by atoms with Crippen LogP contribution in [0.3, 0.4) is 0 Å². The first-order chi connectivity index (χ1) is 6.34. The molecule has 0 amide bonds. The van der Waals surface area contributed by atoms with Gasteiger partial charge in [-0.05, 0) is 12.8 Å². The lowest BCUT2D eigenvalue weighted by Crippen LogP contribution is -2.07. The molecule has 0 aliphatic carbocycles. The van der Waals surface area contributed by atoms with E-state index in [2.05, 4.69) is 4.98 Å². The molecule has 2 heterocycles. The lowest BCUT2D eigenvalue weighted by Gasteiger charge is -2.05. The number of hydrogen-bond donors (Lipinski definition) is 1. The average molecular weight is 216 g/mol. The van der Waals surface area contributed by atoms with E-state index in [-0.39, 0.29) is 0 Å². The van der Waals surface area contributed by atoms with E-state index in [1.165, 1.54) is 12.8 Å². The number of nitrogens with two attached hydrogens (primary N) is 1. The third kappa shape index (κ3) is 2.59. The molecule has 0 aromatic carbocycles. The Bertz CT molecular complexity index is 271. The Morgan fingerprint density at radius 2 is 2.69 bits per heavy atom. The predicted molar refractivity (Wildman–Crippen MR) is 56.2 cm³/mol. The lowest BCUT2D eigenvalue weighted by molar-refractivity contribution is 0.129. The van der Waals surface area contributed by atoms with E-state index in [1.807, 2.05) is 0 Å². The fraction of sp³-hybridized carbons (Fsp3) is 0.625. The Kier molecular flexibility index (Phi) is 3.08. The number of aromatic nitrogens is 1. The normalized spacial score (nSPS) is 22.3. The van der Waals surface area contributed by atoms with E-state index < -0.39 is 0 Å². The van der Waals surface area contributed by atoms with Crippen molar-refractivity contribution in [2.75, 3.05) is 18.1 Å². The van der Waals surface area contributed by atoms with E-state index in [9.17, 15) is 0 Å². The maximum absolute atomic E-state index is 5.57. The van der Waals surface area contributed by atoms with Crippen molar-refractivity contribution >= 4 is 28.1 Å². The standard InChI is InChI=1S/C8H12N2OS2/c9-7-4-10-8(13-7)12-5-6-2-1-3-11-6/h4,6H,1-3,5,9H2. The molecule has 1 aromatic rings. The van der Waals surface area contributed by atoms with Crippen molar-refractivity contribution < 1.29 is 4.74 Å². The van der Waals surface area contributed by atoms with Gasteiger partial charge in [-0.3, -0.25) is 0 Å². The van der Waals surface area contributed by atoms with Crippen LogP contribution in [-0.2, 0) is 4.74 Å². The van der Waals surface area contributed by atoms with Crippen molar-refractivity contribution in [1.29, 1.82) is 0 Å². The zero-order valence-corrected chi connectivity index (χ0v) is 8.87. The van der Waals surface area contributed by atoms with Crippen molar-refractivity contribution in [2.24, 2.45) is 0 Å². The number of anilines is 1. The van der Waals surface area contributed by atoms with Gasteiger partial charge in [0.15, 0.2) is 4.34 Å². The summed E-state index contributed by atoms with van der Waals surface area (Å²) in [7, 11) is 0. The van der Waals surface area contributed by atoms with Gasteiger partial charge in [0.05, 0.1) is 12.3 Å². The summed E-state index contributed by atoms with van der Waals surface area (Å²) in [6.07, 6.45) is 4.52. The molecule has 1 fully saturated rings. The molecule has 1 aliphatic heterocycles. The van der Waals surface area contributed by atoms with Gasteiger partial charge in [-0.25, -0.2) is 4.98 Å². The molecule has 1 aliphatic rings. The van der Waals surface area contributed by atoms with E-state index in [4.69, 9.17) is 10.5 Å². The van der Waals surface area contributed by atoms with E-state index in [0.717, 1.165) is 21.7 Å². The maximum atomic E-state index is 5.57. The fourth-order valence-corrected chi connectivity index (χ4v) is 3.14. The van der Waals surface area contributed by atoms with Gasteiger partial charge >= 0.3 is 0 Å². The minimum atomic E-state index is 0.426. The first kappa shape index (κ1) is 9.30. The monoisotopic (exact) mass is 216 g/mol. The fourth-order valence-electron chi connectivity index (χ4n) is 1.28. The van der Waals surface area contributed by atoms with Gasteiger partial charge in [0.25, 0.3) is 0 Å². The highest BCUT2D eigenvalue weighted by Gasteiger charge is 2.16. The van der Waals surface area contributed by atoms with Gasteiger partial charge in [-0.1, -0.05) is 23.1 Å². The van der Waals surface area contributed by atoms with Crippen molar-refractivity contribution in [3.63, 3.8) is 0 Å². The van der Waals surface area contributed by atoms with E-state index in [0.29, 0.717) is 6.10 Å². The molecular formula is C8H12N2OS2. The van der Waals surface area contributed by atoms with Crippen LogP contribution in [-0.4, -0.2) is 23.4 Å². The molecule has 1 unspecified atom stereocenters. The van der Waals surface area contributed by atoms with Crippen LogP contribution < -0.4 is 5.73 Å². The second-order valence-electron chi connectivity index (χ2n) is 2.97. The zero-order valence-electron chi connectivity index (χ0n) is 7.23. The summed E-state index contributed by atoms with van der Waals surface area (Å²) in [6.45, 7) is 0.922. The molecule has 0 spiro atoms. The molecular weight excluding hydrogens is 204 g/mol. The Hall–Kier alpha value is -0.260. The van der Waals surface area contributed by atoms with E-state index in [1.54, 1.807) is 29.3 Å². The van der Waals surface area contributed by atoms with Crippen LogP contribution in [0.5, 0.6) is 0 Å². The quantitative estimate of drug-likeness (QED) is 0.785. The molecule has 0 bridgehead atoms. The van der Waals surface area contributed by atoms with Gasteiger partial charge in [0, 0.05) is 12.4 Å². The van der Waals surface area contributed by atoms with Crippen molar-refractivity contribution in [3.05, 3.63) is 6.20 Å². The van der Waals surface area contributed by atoms with E-state index >= 15 is 0 Å². The summed E-state index contributed by atoms with van der Waals surface area (Å²) in [4.78, 5) is 4.18. The smallest absolute Gasteiger partial charge is 0.151 e. The summed E-state index contributed by atoms with van der Waals surface area (Å²) in [5, 5.41) is 0.787. The topological polar surface area (TPSA) is 48.1 Å². The molecule has 1 atom stereocenters. The third-order valence-corrected chi connectivity index (χ3v) is 4.03. The number of nitrogen functional groups attached to an aromatic ring is 1. The molecule has 13 heavy (non-hydrogen) atoms. The summed E-state index contributed by atoms with van der Waals surface area (Å²) in [5.41, 5.74) is 5.57. The number of ether oxygens (including phenoxy) is 1. The number of hydrogen-bond acceptors (Lipinski definition) is 5. The second kappa shape index (κ2) is 4.30. The van der Waals surface area contributed by atoms with Crippen molar-refractivity contribution in [2.45, 2.75) is 23.3 Å². The van der Waals surface area contributed by atoms with Crippen LogP contribution in [0.25, 0.3) is 0 Å². The third-order valence-electron chi connectivity index (χ3n) is 1.92. The second-order valence-corrected chi connectivity index (χ2v) is 5.30. The highest BCUT2D eigenvalue weighted by atomic mass is 32.2. The first-order valence-corrected chi connectivity index (χ1v) is 6.10. The van der Waals surface area contributed by atoms with Gasteiger partial charge in [0.2, 0.25) is 0 Å². The van der Waals surface area contributed by atoms with Crippen LogP contribution in [0.15, 0.2) is 10.5 Å². The molecule has 2 rings (SSSR count). The average Bonchev–Trinajstić information content (AvgIpc) is 2.71. The summed E-state index contributed by atoms with van der Waals surface area (Å²) in [6, 6.07) is 0. The highest BCUT2D eigenvalue weighted by molar-refractivity contribution is 8.01. The summed E-state index contributed by atoms with van der Waals surface area (Å²) < 4.78 is 6.56. The van der Waals surface area contributed by atoms with Gasteiger partial charge in [-0.2, -0.15) is 0 Å². The molecule has 2 N–H and O–H groups in total. The molecule has 72 valence electrons. The molecule has 0 saturated carbocycles. The Balaban J connectivity index is 1.78. The number of thioether (sulfide) groups is 1. The van der Waals surface area contributed by atoms with Crippen LogP contribution in [0.1, 0.15) is 12.8 Å². The van der Waals surface area contributed by atoms with Crippen LogP contribution in [0.2, 0.25) is 0 Å². The molecule has 5 heteroatoms. The molecule has 1 aromatic heterocycles. The van der Waals surface area contributed by atoms with Crippen LogP contribution in [0.4, 0.5) is 5.00 Å². The minimum Gasteiger partial charge on any atom is -0.389 e. The number of rotatable bonds is 3. The largest absolute Gasteiger partial charge is 0.389 e. The van der Waals surface area contributed by atoms with Gasteiger partial charge in [-0.15, -0.1) is 0 Å². The molecule has 3 nitrogen and oxygen atoms in total. The van der Waals surface area contributed by atoms with Crippen molar-refractivity contribution in [1.82, 2.24) is 4.98 Å². The minimum absolute atomic E-state index is 0.426. The maximum Gasteiger partial charge on any atom is 0.151 e. The van der Waals surface area contributed by atoms with Crippen LogP contribution >= 0.6 is 23.1 Å². The number of thiazole rings is 1. The Morgan fingerprint density at radius 1 is 1.77 bits per heavy atom. The molecule has 1 saturated heterocycles. The van der Waals surface area contributed by atoms with Gasteiger partial charge < -0.3 is 10.5 Å². The Labute approximate surface area is 85.7 Å².